The zero-order valence-corrected chi connectivity index (χ0v) is 18.1. The number of benzene rings is 2. The third kappa shape index (κ3) is 5.68. The van der Waals surface area contributed by atoms with Gasteiger partial charge >= 0.3 is 5.97 Å². The van der Waals surface area contributed by atoms with Crippen LogP contribution in [0.1, 0.15) is 23.2 Å². The van der Waals surface area contributed by atoms with Crippen LogP contribution in [0.3, 0.4) is 0 Å². The Morgan fingerprint density at radius 3 is 2.68 bits per heavy atom. The van der Waals surface area contributed by atoms with Crippen LogP contribution < -0.4 is 10.2 Å². The van der Waals surface area contributed by atoms with Gasteiger partial charge in [-0.05, 0) is 49.2 Å². The molecule has 2 aliphatic heterocycles. The van der Waals surface area contributed by atoms with Crippen molar-refractivity contribution < 1.29 is 14.6 Å². The van der Waals surface area contributed by atoms with Gasteiger partial charge in [-0.3, -0.25) is 4.99 Å². The van der Waals surface area contributed by atoms with Gasteiger partial charge in [0.1, 0.15) is 0 Å². The molecule has 0 aliphatic carbocycles. The minimum Gasteiger partial charge on any atom is -0.478 e. The van der Waals surface area contributed by atoms with E-state index in [0.717, 1.165) is 62.3 Å². The first-order chi connectivity index (χ1) is 15.1. The van der Waals surface area contributed by atoms with E-state index in [4.69, 9.17) is 21.3 Å². The number of carboxylic acids is 1. The van der Waals surface area contributed by atoms with Crippen molar-refractivity contribution in [3.05, 3.63) is 59.1 Å². The highest BCUT2D eigenvalue weighted by Gasteiger charge is 2.22. The van der Waals surface area contributed by atoms with E-state index in [9.17, 15) is 9.90 Å². The van der Waals surface area contributed by atoms with Crippen LogP contribution >= 0.6 is 11.6 Å². The summed E-state index contributed by atoms with van der Waals surface area (Å²) in [4.78, 5) is 20.7. The van der Waals surface area contributed by atoms with Gasteiger partial charge in [-0.15, -0.1) is 0 Å². The summed E-state index contributed by atoms with van der Waals surface area (Å²) in [5.74, 6) is -0.194. The second-order valence-corrected chi connectivity index (χ2v) is 8.20. The van der Waals surface area contributed by atoms with Gasteiger partial charge in [0, 0.05) is 49.2 Å². The molecule has 2 aromatic rings. The van der Waals surface area contributed by atoms with Crippen molar-refractivity contribution in [2.45, 2.75) is 18.9 Å². The fourth-order valence-corrected chi connectivity index (χ4v) is 4.09. The van der Waals surface area contributed by atoms with Crippen molar-refractivity contribution in [1.82, 2.24) is 4.90 Å². The summed E-state index contributed by atoms with van der Waals surface area (Å²) in [5.41, 5.74) is 2.07. The minimum absolute atomic E-state index is 0.148. The number of aliphatic imine (C=N–C) groups is 1. The van der Waals surface area contributed by atoms with Crippen molar-refractivity contribution in [1.29, 1.82) is 0 Å². The lowest BCUT2D eigenvalue weighted by Gasteiger charge is -2.38. The topological polar surface area (TPSA) is 77.4 Å². The van der Waals surface area contributed by atoms with Crippen LogP contribution in [-0.2, 0) is 4.74 Å². The normalized spacial score (nSPS) is 19.5. The van der Waals surface area contributed by atoms with E-state index in [-0.39, 0.29) is 11.7 Å². The molecule has 0 amide bonds. The molecule has 0 bridgehead atoms. The summed E-state index contributed by atoms with van der Waals surface area (Å²) >= 11 is 6.15. The largest absolute Gasteiger partial charge is 0.478 e. The first kappa shape index (κ1) is 21.5. The number of rotatable bonds is 5. The first-order valence-electron chi connectivity index (χ1n) is 10.6. The van der Waals surface area contributed by atoms with E-state index in [1.54, 1.807) is 18.2 Å². The molecular formula is C23H27ClN4O3. The van der Waals surface area contributed by atoms with Crippen LogP contribution in [0.25, 0.3) is 0 Å². The van der Waals surface area contributed by atoms with E-state index in [2.05, 4.69) is 21.2 Å². The van der Waals surface area contributed by atoms with E-state index in [0.29, 0.717) is 12.2 Å². The number of hydrogen-bond acceptors (Lipinski definition) is 4. The standard InChI is InChI=1S/C23H27ClN4O3/c24-18-5-2-7-20(15-18)27-9-11-28(12-10-27)23(25-16-21-8-3-13-31-21)26-19-6-1-4-17(14-19)22(29)30/h1-2,4-7,14-15,21H,3,8-13,16H2,(H,25,26)(H,29,30)/t21-/m0/s1. The van der Waals surface area contributed by atoms with E-state index >= 15 is 0 Å². The number of ether oxygens (including phenoxy) is 1. The molecule has 1 atom stereocenters. The molecule has 7 nitrogen and oxygen atoms in total. The van der Waals surface area contributed by atoms with Gasteiger partial charge in [-0.1, -0.05) is 23.7 Å². The van der Waals surface area contributed by atoms with Gasteiger partial charge in [0.05, 0.1) is 18.2 Å². The maximum absolute atomic E-state index is 11.3. The lowest BCUT2D eigenvalue weighted by Crippen LogP contribution is -2.51. The number of nitrogens with zero attached hydrogens (tertiary/aromatic N) is 3. The predicted octanol–water partition coefficient (Wildman–Crippen LogP) is 3.81. The molecule has 4 rings (SSSR count). The number of piperazine rings is 1. The van der Waals surface area contributed by atoms with Gasteiger partial charge < -0.3 is 25.0 Å². The lowest BCUT2D eigenvalue weighted by molar-refractivity contribution is 0.0697. The predicted molar refractivity (Wildman–Crippen MR) is 124 cm³/mol. The summed E-state index contributed by atoms with van der Waals surface area (Å²) in [6.45, 7) is 4.66. The summed E-state index contributed by atoms with van der Waals surface area (Å²) in [7, 11) is 0. The first-order valence-corrected chi connectivity index (χ1v) is 11.0. The Bertz CT molecular complexity index is 938. The molecule has 2 saturated heterocycles. The fraction of sp³-hybridized carbons (Fsp3) is 0.391. The quantitative estimate of drug-likeness (QED) is 0.541. The maximum Gasteiger partial charge on any atom is 0.335 e. The number of carboxylic acid groups (broad SMARTS) is 1. The van der Waals surface area contributed by atoms with Crippen LogP contribution in [0.15, 0.2) is 53.5 Å². The Labute approximate surface area is 187 Å². The highest BCUT2D eigenvalue weighted by molar-refractivity contribution is 6.30. The minimum atomic E-state index is -0.948. The Morgan fingerprint density at radius 1 is 1.16 bits per heavy atom. The summed E-state index contributed by atoms with van der Waals surface area (Å²) in [5, 5.41) is 13.4. The number of halogens is 1. The number of aromatic carboxylic acids is 1. The van der Waals surface area contributed by atoms with E-state index in [1.807, 2.05) is 24.3 Å². The Hall–Kier alpha value is -2.77. The van der Waals surface area contributed by atoms with Crippen molar-refractivity contribution in [3.63, 3.8) is 0 Å². The molecule has 0 aromatic heterocycles. The van der Waals surface area contributed by atoms with Gasteiger partial charge in [0.2, 0.25) is 0 Å². The molecule has 2 aromatic carbocycles. The molecule has 0 spiro atoms. The van der Waals surface area contributed by atoms with Crippen LogP contribution in [-0.4, -0.2) is 67.4 Å². The third-order valence-electron chi connectivity index (χ3n) is 5.59. The molecule has 2 heterocycles. The number of hydrogen-bond donors (Lipinski definition) is 2. The average molecular weight is 443 g/mol. The molecule has 8 heteroatoms. The zero-order valence-electron chi connectivity index (χ0n) is 17.3. The van der Waals surface area contributed by atoms with Gasteiger partial charge in [0.25, 0.3) is 0 Å². The number of carbonyl (C=O) groups is 1. The summed E-state index contributed by atoms with van der Waals surface area (Å²) < 4.78 is 5.73. The monoisotopic (exact) mass is 442 g/mol. The summed E-state index contributed by atoms with van der Waals surface area (Å²) in [6, 6.07) is 14.7. The molecule has 2 fully saturated rings. The number of guanidine groups is 1. The van der Waals surface area contributed by atoms with E-state index in [1.165, 1.54) is 0 Å². The van der Waals surface area contributed by atoms with Crippen molar-refractivity contribution >= 4 is 34.9 Å². The third-order valence-corrected chi connectivity index (χ3v) is 5.82. The van der Waals surface area contributed by atoms with Crippen molar-refractivity contribution in [2.24, 2.45) is 4.99 Å². The molecule has 2 N–H and O–H groups in total. The highest BCUT2D eigenvalue weighted by atomic mass is 35.5. The molecule has 0 unspecified atom stereocenters. The van der Waals surface area contributed by atoms with Crippen LogP contribution in [0.2, 0.25) is 5.02 Å². The molecule has 0 radical (unpaired) electrons. The van der Waals surface area contributed by atoms with Crippen LogP contribution in [0, 0.1) is 0 Å². The van der Waals surface area contributed by atoms with Crippen molar-refractivity contribution in [3.8, 4) is 0 Å². The SMILES string of the molecule is O=C(O)c1cccc(NC(=NC[C@@H]2CCCO2)N2CCN(c3cccc(Cl)c3)CC2)c1. The lowest BCUT2D eigenvalue weighted by atomic mass is 10.2. The second kappa shape index (κ2) is 10.0. The van der Waals surface area contributed by atoms with Gasteiger partial charge in [-0.25, -0.2) is 4.79 Å². The maximum atomic E-state index is 11.3. The van der Waals surface area contributed by atoms with Gasteiger partial charge in [-0.2, -0.15) is 0 Å². The second-order valence-electron chi connectivity index (χ2n) is 7.76. The molecule has 2 aliphatic rings. The number of anilines is 2. The molecule has 0 saturated carbocycles. The fourth-order valence-electron chi connectivity index (χ4n) is 3.90. The van der Waals surface area contributed by atoms with Crippen LogP contribution in [0.5, 0.6) is 0 Å². The molecule has 164 valence electrons. The zero-order chi connectivity index (χ0) is 21.6. The Kier molecular flexibility index (Phi) is 6.94. The van der Waals surface area contributed by atoms with Crippen LogP contribution in [0.4, 0.5) is 11.4 Å². The van der Waals surface area contributed by atoms with E-state index < -0.39 is 5.97 Å². The Morgan fingerprint density at radius 2 is 1.97 bits per heavy atom. The Balaban J connectivity index is 1.47. The molecule has 31 heavy (non-hydrogen) atoms. The number of nitrogens with one attached hydrogen (secondary N) is 1. The summed E-state index contributed by atoms with van der Waals surface area (Å²) in [6.07, 6.45) is 2.24. The van der Waals surface area contributed by atoms with Gasteiger partial charge in [0.15, 0.2) is 5.96 Å². The smallest absolute Gasteiger partial charge is 0.335 e. The average Bonchev–Trinajstić information content (AvgIpc) is 3.31. The van der Waals surface area contributed by atoms with Crippen molar-refractivity contribution in [2.75, 3.05) is 49.5 Å². The molecular weight excluding hydrogens is 416 g/mol. The highest BCUT2D eigenvalue weighted by Crippen LogP contribution is 2.21.